The Morgan fingerprint density at radius 2 is 2.21 bits per heavy atom. The third kappa shape index (κ3) is 5.89. The van der Waals surface area contributed by atoms with E-state index in [1.165, 1.54) is 0 Å². The number of urea groups is 1. The number of terminal acetylenes is 1. The Bertz CT molecular complexity index is 245. The second-order valence-corrected chi connectivity index (χ2v) is 2.73. The van der Waals surface area contributed by atoms with Gasteiger partial charge in [-0.3, -0.25) is 4.79 Å². The molecule has 5 heteroatoms. The summed E-state index contributed by atoms with van der Waals surface area (Å²) >= 11 is 0. The molecule has 0 aromatic heterocycles. The largest absolute Gasteiger partial charge is 0.480 e. The van der Waals surface area contributed by atoms with Gasteiger partial charge in [0.2, 0.25) is 0 Å². The highest BCUT2D eigenvalue weighted by Crippen LogP contribution is 1.93. The van der Waals surface area contributed by atoms with Crippen molar-refractivity contribution >= 4 is 12.0 Å². The van der Waals surface area contributed by atoms with Crippen molar-refractivity contribution in [2.75, 3.05) is 6.54 Å². The quantitative estimate of drug-likeness (QED) is 0.551. The lowest BCUT2D eigenvalue weighted by atomic mass is 10.2. The lowest BCUT2D eigenvalue weighted by molar-refractivity contribution is -0.135. The molecule has 0 radical (unpaired) electrons. The molecule has 0 aromatic carbocycles. The Labute approximate surface area is 82.9 Å². The Kier molecular flexibility index (Phi) is 5.95. The number of carbonyl (C=O) groups is 2. The van der Waals surface area contributed by atoms with Crippen LogP contribution in [0.2, 0.25) is 0 Å². The highest BCUT2D eigenvalue weighted by molar-refractivity contribution is 5.80. The maximum Gasteiger partial charge on any atom is 0.323 e. The zero-order chi connectivity index (χ0) is 11.0. The molecule has 0 spiro atoms. The summed E-state index contributed by atoms with van der Waals surface area (Å²) in [5.41, 5.74) is 0. The second-order valence-electron chi connectivity index (χ2n) is 2.73. The van der Waals surface area contributed by atoms with Crippen molar-refractivity contribution in [3.63, 3.8) is 0 Å². The van der Waals surface area contributed by atoms with Crippen LogP contribution < -0.4 is 10.6 Å². The molecule has 0 aliphatic heterocycles. The van der Waals surface area contributed by atoms with Crippen LogP contribution in [0.1, 0.15) is 19.8 Å². The van der Waals surface area contributed by atoms with Crippen molar-refractivity contribution in [3.8, 4) is 12.3 Å². The summed E-state index contributed by atoms with van der Waals surface area (Å²) < 4.78 is 0. The third-order valence-corrected chi connectivity index (χ3v) is 1.48. The summed E-state index contributed by atoms with van der Waals surface area (Å²) in [4.78, 5) is 21.1. The predicted octanol–water partition coefficient (Wildman–Crippen LogP) is 0.172. The monoisotopic (exact) mass is 198 g/mol. The van der Waals surface area contributed by atoms with Crippen molar-refractivity contribution in [1.82, 2.24) is 10.6 Å². The van der Waals surface area contributed by atoms with Gasteiger partial charge in [-0.05, 0) is 6.42 Å². The number of hydrogen-bond donors (Lipinski definition) is 3. The molecule has 2 amide bonds. The van der Waals surface area contributed by atoms with Crippen molar-refractivity contribution in [2.24, 2.45) is 0 Å². The number of amides is 2. The Balaban J connectivity index is 3.80. The maximum absolute atomic E-state index is 11.0. The Hall–Kier alpha value is -1.70. The van der Waals surface area contributed by atoms with E-state index in [9.17, 15) is 9.59 Å². The van der Waals surface area contributed by atoms with Crippen LogP contribution in [-0.2, 0) is 4.79 Å². The van der Waals surface area contributed by atoms with Gasteiger partial charge in [-0.15, -0.1) is 6.42 Å². The average molecular weight is 198 g/mol. The number of aliphatic carboxylic acids is 1. The Morgan fingerprint density at radius 1 is 1.57 bits per heavy atom. The van der Waals surface area contributed by atoms with Crippen LogP contribution in [0.5, 0.6) is 0 Å². The average Bonchev–Trinajstić information content (AvgIpc) is 2.14. The summed E-state index contributed by atoms with van der Waals surface area (Å²) in [6, 6.07) is -0.891. The molecule has 0 aliphatic rings. The van der Waals surface area contributed by atoms with Crippen LogP contribution in [0, 0.1) is 12.3 Å². The van der Waals surface area contributed by atoms with E-state index < -0.39 is 18.5 Å². The fourth-order valence-corrected chi connectivity index (χ4v) is 0.851. The highest BCUT2D eigenvalue weighted by atomic mass is 16.4. The molecule has 78 valence electrons. The van der Waals surface area contributed by atoms with Gasteiger partial charge in [0, 0.05) is 0 Å². The van der Waals surface area contributed by atoms with E-state index in [-0.39, 0.29) is 6.04 Å². The van der Waals surface area contributed by atoms with Crippen LogP contribution in [0.15, 0.2) is 0 Å². The smallest absolute Gasteiger partial charge is 0.323 e. The van der Waals surface area contributed by atoms with Gasteiger partial charge in [-0.1, -0.05) is 19.3 Å². The molecular weight excluding hydrogens is 184 g/mol. The number of carboxylic acid groups (broad SMARTS) is 1. The summed E-state index contributed by atoms with van der Waals surface area (Å²) in [5, 5.41) is 12.9. The fourth-order valence-electron chi connectivity index (χ4n) is 0.851. The van der Waals surface area contributed by atoms with Gasteiger partial charge in [0.25, 0.3) is 0 Å². The first-order chi connectivity index (χ1) is 6.60. The molecule has 0 aromatic rings. The second kappa shape index (κ2) is 6.78. The molecule has 1 atom stereocenters. The fraction of sp³-hybridized carbons (Fsp3) is 0.556. The van der Waals surface area contributed by atoms with Crippen molar-refractivity contribution in [2.45, 2.75) is 25.8 Å². The summed E-state index contributed by atoms with van der Waals surface area (Å²) in [6.07, 6.45) is 6.69. The standard InChI is InChI=1S/C9H14N2O3/c1-3-5-7(4-2)11-9(14)10-6-8(12)13/h2,7H,3,5-6H2,1H3,(H,12,13)(H2,10,11,14). The van der Waals surface area contributed by atoms with Gasteiger partial charge < -0.3 is 15.7 Å². The highest BCUT2D eigenvalue weighted by Gasteiger charge is 2.08. The van der Waals surface area contributed by atoms with Gasteiger partial charge in [-0.2, -0.15) is 0 Å². The molecule has 3 N–H and O–H groups in total. The van der Waals surface area contributed by atoms with Crippen LogP contribution in [0.25, 0.3) is 0 Å². The number of hydrogen-bond acceptors (Lipinski definition) is 2. The SMILES string of the molecule is C#CC(CCC)NC(=O)NCC(=O)O. The van der Waals surface area contributed by atoms with Gasteiger partial charge in [0.15, 0.2) is 0 Å². The minimum atomic E-state index is -1.09. The van der Waals surface area contributed by atoms with Gasteiger partial charge >= 0.3 is 12.0 Å². The van der Waals surface area contributed by atoms with Crippen LogP contribution in [0.4, 0.5) is 4.79 Å². The van der Waals surface area contributed by atoms with E-state index >= 15 is 0 Å². The Morgan fingerprint density at radius 3 is 2.64 bits per heavy atom. The van der Waals surface area contributed by atoms with Gasteiger partial charge in [-0.25, -0.2) is 4.79 Å². The molecule has 0 saturated heterocycles. The van der Waals surface area contributed by atoms with E-state index in [4.69, 9.17) is 11.5 Å². The minimum Gasteiger partial charge on any atom is -0.480 e. The first kappa shape index (κ1) is 12.3. The zero-order valence-corrected chi connectivity index (χ0v) is 8.04. The van der Waals surface area contributed by atoms with Crippen molar-refractivity contribution < 1.29 is 14.7 Å². The lowest BCUT2D eigenvalue weighted by Gasteiger charge is -2.11. The van der Waals surface area contributed by atoms with Gasteiger partial charge in [0.05, 0.1) is 6.04 Å². The molecular formula is C9H14N2O3. The van der Waals surface area contributed by atoms with Crippen LogP contribution in [-0.4, -0.2) is 29.7 Å². The third-order valence-electron chi connectivity index (χ3n) is 1.48. The van der Waals surface area contributed by atoms with Crippen LogP contribution in [0.3, 0.4) is 0 Å². The molecule has 1 unspecified atom stereocenters. The van der Waals surface area contributed by atoms with E-state index in [0.29, 0.717) is 6.42 Å². The normalized spacial score (nSPS) is 11.1. The number of nitrogens with one attached hydrogen (secondary N) is 2. The predicted molar refractivity (Wildman–Crippen MR) is 51.7 cm³/mol. The molecule has 0 rings (SSSR count). The molecule has 0 heterocycles. The van der Waals surface area contributed by atoms with Crippen molar-refractivity contribution in [1.29, 1.82) is 0 Å². The summed E-state index contributed by atoms with van der Waals surface area (Å²) in [7, 11) is 0. The van der Waals surface area contributed by atoms with Crippen molar-refractivity contribution in [3.05, 3.63) is 0 Å². The number of rotatable bonds is 5. The molecule has 14 heavy (non-hydrogen) atoms. The number of carboxylic acids is 1. The minimum absolute atomic E-state index is 0.339. The van der Waals surface area contributed by atoms with E-state index in [1.54, 1.807) is 0 Å². The summed E-state index contributed by atoms with van der Waals surface area (Å²) in [6.45, 7) is 1.54. The van der Waals surface area contributed by atoms with Crippen LogP contribution >= 0.6 is 0 Å². The van der Waals surface area contributed by atoms with E-state index in [1.807, 2.05) is 6.92 Å². The molecule has 0 saturated carbocycles. The molecule has 0 aliphatic carbocycles. The first-order valence-corrected chi connectivity index (χ1v) is 4.32. The zero-order valence-electron chi connectivity index (χ0n) is 8.04. The van der Waals surface area contributed by atoms with E-state index in [0.717, 1.165) is 6.42 Å². The maximum atomic E-state index is 11.0. The summed E-state index contributed by atoms with van der Waals surface area (Å²) in [5.74, 6) is 1.31. The van der Waals surface area contributed by atoms with E-state index in [2.05, 4.69) is 16.6 Å². The van der Waals surface area contributed by atoms with Gasteiger partial charge in [0.1, 0.15) is 6.54 Å². The molecule has 5 nitrogen and oxygen atoms in total. The topological polar surface area (TPSA) is 78.4 Å². The number of carbonyl (C=O) groups excluding carboxylic acids is 1. The molecule has 0 fully saturated rings. The first-order valence-electron chi connectivity index (χ1n) is 4.32. The lowest BCUT2D eigenvalue weighted by Crippen LogP contribution is -2.43. The molecule has 0 bridgehead atoms.